The Morgan fingerprint density at radius 1 is 0.292 bits per heavy atom. The molecule has 0 aliphatic heterocycles. The predicted octanol–water partition coefficient (Wildman–Crippen LogP) is 16.8. The molecule has 0 radical (unpaired) electrons. The summed E-state index contributed by atoms with van der Waals surface area (Å²) in [5.41, 5.74) is 15.7. The van der Waals surface area contributed by atoms with Crippen molar-refractivity contribution >= 4 is 105 Å². The molecule has 0 bridgehead atoms. The highest BCUT2D eigenvalue weighted by Gasteiger charge is 2.23. The number of rotatable bonds is 6. The fraction of sp³-hybridized carbons (Fsp3) is 0. The summed E-state index contributed by atoms with van der Waals surface area (Å²) < 4.78 is 18.3. The molecule has 0 spiro atoms. The summed E-state index contributed by atoms with van der Waals surface area (Å²) in [6, 6.07) is 79.9. The van der Waals surface area contributed by atoms with Gasteiger partial charge in [-0.1, -0.05) is 121 Å². The first-order chi connectivity index (χ1) is 32.3. The van der Waals surface area contributed by atoms with Crippen LogP contribution in [0.2, 0.25) is 0 Å². The lowest BCUT2D eigenvalue weighted by Crippen LogP contribution is -2.10. The van der Waals surface area contributed by atoms with Crippen molar-refractivity contribution in [3.63, 3.8) is 0 Å². The van der Waals surface area contributed by atoms with Gasteiger partial charge in [-0.25, -0.2) is 0 Å². The van der Waals surface area contributed by atoms with E-state index in [4.69, 9.17) is 8.83 Å². The maximum absolute atomic E-state index is 7.18. The molecular weight excluding hydrogens is 795 g/mol. The Hall–Kier alpha value is -8.80. The summed E-state index contributed by atoms with van der Waals surface area (Å²) in [6.45, 7) is 0. The summed E-state index contributed by atoms with van der Waals surface area (Å²) in [5, 5.41) is 9.07. The second-order valence-corrected chi connectivity index (χ2v) is 16.8. The highest BCUT2D eigenvalue weighted by atomic mass is 16.3. The van der Waals surface area contributed by atoms with E-state index in [9.17, 15) is 0 Å². The van der Waals surface area contributed by atoms with Crippen LogP contribution in [0, 0.1) is 0 Å². The van der Waals surface area contributed by atoms with Gasteiger partial charge in [0, 0.05) is 66.3 Å². The zero-order chi connectivity index (χ0) is 42.6. The number of aromatic nitrogens is 2. The number of fused-ring (bicyclic) bond motifs is 14. The van der Waals surface area contributed by atoms with Crippen molar-refractivity contribution in [3.8, 4) is 22.5 Å². The molecule has 0 amide bonds. The van der Waals surface area contributed by atoms with Gasteiger partial charge in [0.25, 0.3) is 0 Å². The van der Waals surface area contributed by atoms with E-state index in [0.29, 0.717) is 0 Å². The molecule has 0 aliphatic carbocycles. The number of hydrogen-bond acceptors (Lipinski definition) is 3. The fourth-order valence-corrected chi connectivity index (χ4v) is 10.5. The van der Waals surface area contributed by atoms with E-state index in [-0.39, 0.29) is 0 Å². The first kappa shape index (κ1) is 35.8. The fourth-order valence-electron chi connectivity index (χ4n) is 10.5. The van der Waals surface area contributed by atoms with Gasteiger partial charge >= 0.3 is 0 Å². The number of hydrogen-bond donors (Lipinski definition) is 0. The van der Waals surface area contributed by atoms with Gasteiger partial charge < -0.3 is 22.9 Å². The van der Waals surface area contributed by atoms with Gasteiger partial charge in [-0.15, -0.1) is 0 Å². The molecule has 10 aromatic carbocycles. The normalized spacial score (nSPS) is 12.0. The zero-order valence-electron chi connectivity index (χ0n) is 35.0. The molecule has 0 atom stereocenters. The molecule has 4 aromatic heterocycles. The lowest BCUT2D eigenvalue weighted by atomic mass is 10.0. The molecule has 304 valence electrons. The van der Waals surface area contributed by atoms with E-state index in [1.165, 1.54) is 5.39 Å². The molecule has 5 nitrogen and oxygen atoms in total. The van der Waals surface area contributed by atoms with Crippen molar-refractivity contribution in [2.45, 2.75) is 0 Å². The van der Waals surface area contributed by atoms with E-state index < -0.39 is 0 Å². The van der Waals surface area contributed by atoms with Crippen LogP contribution in [0.25, 0.3) is 110 Å². The molecule has 4 heterocycles. The monoisotopic (exact) mass is 831 g/mol. The standard InChI is InChI=1S/C60H37N3O2/c1-3-14-39(15-4-1)61(41-28-26-38(27-29-41)44-21-13-22-46-45-18-9-12-25-55(45)64-58(44)46)42-30-32-43(33-31-42)63-52-24-11-8-20-50(52)57-54(63)37-35-48-47-34-36-53-56(59(47)65-60(48)57)49-19-7-10-23-51(49)62(53)40-16-5-2-6-17-40/h1-37H. The van der Waals surface area contributed by atoms with Crippen molar-refractivity contribution in [1.82, 2.24) is 9.13 Å². The van der Waals surface area contributed by atoms with Crippen LogP contribution in [-0.4, -0.2) is 9.13 Å². The molecule has 0 unspecified atom stereocenters. The van der Waals surface area contributed by atoms with Crippen LogP contribution < -0.4 is 4.90 Å². The lowest BCUT2D eigenvalue weighted by molar-refractivity contribution is 0.670. The summed E-state index contributed by atoms with van der Waals surface area (Å²) >= 11 is 0. The first-order valence-electron chi connectivity index (χ1n) is 22.1. The molecular formula is C60H37N3O2. The van der Waals surface area contributed by atoms with Crippen LogP contribution in [0.4, 0.5) is 17.1 Å². The average Bonchev–Trinajstić information content (AvgIpc) is 4.13. The van der Waals surface area contributed by atoms with Gasteiger partial charge in [0.05, 0.1) is 32.8 Å². The largest absolute Gasteiger partial charge is 0.455 e. The summed E-state index contributed by atoms with van der Waals surface area (Å²) in [7, 11) is 0. The maximum atomic E-state index is 7.18. The maximum Gasteiger partial charge on any atom is 0.145 e. The van der Waals surface area contributed by atoms with Crippen molar-refractivity contribution in [2.75, 3.05) is 4.90 Å². The number of benzene rings is 10. The molecule has 0 saturated heterocycles. The van der Waals surface area contributed by atoms with E-state index in [2.05, 4.69) is 226 Å². The van der Waals surface area contributed by atoms with Crippen molar-refractivity contribution in [1.29, 1.82) is 0 Å². The van der Waals surface area contributed by atoms with Crippen LogP contribution in [0.5, 0.6) is 0 Å². The Morgan fingerprint density at radius 3 is 1.40 bits per heavy atom. The quantitative estimate of drug-likeness (QED) is 0.168. The number of para-hydroxylation sites is 6. The Balaban J connectivity index is 0.897. The highest BCUT2D eigenvalue weighted by Crippen LogP contribution is 2.45. The van der Waals surface area contributed by atoms with Crippen LogP contribution in [-0.2, 0) is 0 Å². The second-order valence-electron chi connectivity index (χ2n) is 16.8. The van der Waals surface area contributed by atoms with Crippen molar-refractivity contribution in [3.05, 3.63) is 224 Å². The van der Waals surface area contributed by atoms with Gasteiger partial charge in [0.1, 0.15) is 22.3 Å². The minimum atomic E-state index is 0.902. The minimum absolute atomic E-state index is 0.902. The topological polar surface area (TPSA) is 39.4 Å². The third-order valence-corrected chi connectivity index (χ3v) is 13.3. The number of furan rings is 2. The van der Waals surface area contributed by atoms with Crippen LogP contribution in [0.15, 0.2) is 233 Å². The van der Waals surface area contributed by atoms with Gasteiger partial charge in [-0.3, -0.25) is 0 Å². The zero-order valence-corrected chi connectivity index (χ0v) is 35.0. The minimum Gasteiger partial charge on any atom is -0.455 e. The number of nitrogens with zero attached hydrogens (tertiary/aromatic N) is 3. The summed E-state index contributed by atoms with van der Waals surface area (Å²) in [4.78, 5) is 2.31. The summed E-state index contributed by atoms with van der Waals surface area (Å²) in [6.07, 6.45) is 0. The smallest absolute Gasteiger partial charge is 0.145 e. The SMILES string of the molecule is c1ccc(N(c2ccc(-c3cccc4c3oc3ccccc34)cc2)c2ccc(-n3c4ccccc4c4c5oc6c(ccc7c6c6ccccc6n7-c6ccccc6)c5ccc43)cc2)cc1. The number of anilines is 3. The molecule has 0 fully saturated rings. The van der Waals surface area contributed by atoms with Gasteiger partial charge in [-0.05, 0) is 109 Å². The third-order valence-electron chi connectivity index (χ3n) is 13.3. The van der Waals surface area contributed by atoms with E-state index >= 15 is 0 Å². The Labute approximate surface area is 372 Å². The molecule has 65 heavy (non-hydrogen) atoms. The van der Waals surface area contributed by atoms with Crippen LogP contribution in [0.3, 0.4) is 0 Å². The van der Waals surface area contributed by atoms with Crippen molar-refractivity contribution < 1.29 is 8.83 Å². The molecule has 14 aromatic rings. The van der Waals surface area contributed by atoms with Crippen LogP contribution >= 0.6 is 0 Å². The lowest BCUT2D eigenvalue weighted by Gasteiger charge is -2.26. The molecule has 0 saturated carbocycles. The first-order valence-corrected chi connectivity index (χ1v) is 22.1. The molecule has 0 aliphatic rings. The Kier molecular flexibility index (Phi) is 7.62. The average molecular weight is 832 g/mol. The van der Waals surface area contributed by atoms with Gasteiger partial charge in [-0.2, -0.15) is 0 Å². The molecule has 0 N–H and O–H groups in total. The van der Waals surface area contributed by atoms with E-state index in [1.54, 1.807) is 0 Å². The van der Waals surface area contributed by atoms with Crippen LogP contribution in [0.1, 0.15) is 0 Å². The highest BCUT2D eigenvalue weighted by molar-refractivity contribution is 6.29. The van der Waals surface area contributed by atoms with Gasteiger partial charge in [0.2, 0.25) is 0 Å². The van der Waals surface area contributed by atoms with E-state index in [0.717, 1.165) is 122 Å². The molecule has 5 heteroatoms. The van der Waals surface area contributed by atoms with Gasteiger partial charge in [0.15, 0.2) is 0 Å². The predicted molar refractivity (Wildman–Crippen MR) is 270 cm³/mol. The molecule has 14 rings (SSSR count). The van der Waals surface area contributed by atoms with Crippen molar-refractivity contribution in [2.24, 2.45) is 0 Å². The third kappa shape index (κ3) is 5.27. The van der Waals surface area contributed by atoms with E-state index in [1.807, 2.05) is 12.1 Å². The Bertz CT molecular complexity index is 4160. The second kappa shape index (κ2) is 13.9. The Morgan fingerprint density at radius 2 is 0.769 bits per heavy atom. The summed E-state index contributed by atoms with van der Waals surface area (Å²) in [5.74, 6) is 0.